The summed E-state index contributed by atoms with van der Waals surface area (Å²) in [5.74, 6) is 0.829. The second-order valence-electron chi connectivity index (χ2n) is 8.45. The van der Waals surface area contributed by atoms with Gasteiger partial charge in [0.2, 0.25) is 5.91 Å². The zero-order chi connectivity index (χ0) is 18.2. The third kappa shape index (κ3) is 7.55. The third-order valence-corrected chi connectivity index (χ3v) is 6.43. The van der Waals surface area contributed by atoms with Crippen LogP contribution in [0.15, 0.2) is 30.3 Å². The van der Waals surface area contributed by atoms with Crippen LogP contribution in [0.3, 0.4) is 0 Å². The molecule has 2 aliphatic rings. The molecule has 1 saturated heterocycles. The highest BCUT2D eigenvalue weighted by Crippen LogP contribution is 2.38. The van der Waals surface area contributed by atoms with Gasteiger partial charge in [-0.1, -0.05) is 49.6 Å². The van der Waals surface area contributed by atoms with E-state index in [1.807, 2.05) is 0 Å². The van der Waals surface area contributed by atoms with Crippen LogP contribution in [0.1, 0.15) is 56.9 Å². The van der Waals surface area contributed by atoms with E-state index < -0.39 is 0 Å². The number of nitrogens with one attached hydrogen (secondary N) is 1. The molecule has 0 atom stereocenters. The Balaban J connectivity index is 0.00000196. The summed E-state index contributed by atoms with van der Waals surface area (Å²) < 4.78 is 0. The Labute approximate surface area is 182 Å². The highest BCUT2D eigenvalue weighted by Gasteiger charge is 2.33. The first-order valence-corrected chi connectivity index (χ1v) is 10.4. The molecule has 0 bridgehead atoms. The Hall–Kier alpha value is -0.810. The first-order valence-electron chi connectivity index (χ1n) is 10.4. The lowest BCUT2D eigenvalue weighted by Gasteiger charge is -2.36. The van der Waals surface area contributed by atoms with Gasteiger partial charge in [0.05, 0.1) is 0 Å². The van der Waals surface area contributed by atoms with Gasteiger partial charge in [-0.2, -0.15) is 0 Å². The van der Waals surface area contributed by atoms with Gasteiger partial charge in [-0.25, -0.2) is 0 Å². The molecule has 1 aliphatic carbocycles. The van der Waals surface area contributed by atoms with E-state index >= 15 is 0 Å². The molecule has 1 heterocycles. The summed E-state index contributed by atoms with van der Waals surface area (Å²) in [6.45, 7) is 4.78. The lowest BCUT2D eigenvalue weighted by atomic mass is 9.71. The number of benzene rings is 1. The molecule has 3 N–H and O–H groups in total. The van der Waals surface area contributed by atoms with E-state index in [1.165, 1.54) is 37.7 Å². The van der Waals surface area contributed by atoms with Crippen molar-refractivity contribution >= 4 is 30.7 Å². The molecule has 0 aromatic heterocycles. The monoisotopic (exact) mass is 429 g/mol. The number of hydrogen-bond acceptors (Lipinski definition) is 3. The van der Waals surface area contributed by atoms with E-state index in [4.69, 9.17) is 5.73 Å². The minimum Gasteiger partial charge on any atom is -0.356 e. The van der Waals surface area contributed by atoms with E-state index in [-0.39, 0.29) is 36.1 Å². The molecule has 0 unspecified atom stereocenters. The van der Waals surface area contributed by atoms with Crippen LogP contribution in [0.2, 0.25) is 0 Å². The lowest BCUT2D eigenvalue weighted by Crippen LogP contribution is -2.41. The maximum atomic E-state index is 12.4. The summed E-state index contributed by atoms with van der Waals surface area (Å²) in [6, 6.07) is 10.7. The number of likely N-dealkylation sites (tertiary alicyclic amines) is 1. The Morgan fingerprint density at radius 2 is 1.71 bits per heavy atom. The number of piperidine rings is 1. The van der Waals surface area contributed by atoms with Gasteiger partial charge in [0.25, 0.3) is 0 Å². The Morgan fingerprint density at radius 3 is 2.32 bits per heavy atom. The number of carbonyl (C=O) groups excluding carboxylic acids is 1. The maximum absolute atomic E-state index is 12.4. The van der Waals surface area contributed by atoms with Crippen LogP contribution in [0.25, 0.3) is 0 Å². The minimum atomic E-state index is 0. The van der Waals surface area contributed by atoms with Gasteiger partial charge < -0.3 is 11.1 Å². The topological polar surface area (TPSA) is 58.4 Å². The molecule has 0 spiro atoms. The number of nitrogens with zero attached hydrogens (tertiary/aromatic N) is 1. The molecule has 1 amide bonds. The zero-order valence-corrected chi connectivity index (χ0v) is 18.5. The second kappa shape index (κ2) is 12.7. The molecule has 0 radical (unpaired) electrons. The highest BCUT2D eigenvalue weighted by molar-refractivity contribution is 5.85. The van der Waals surface area contributed by atoms with Crippen molar-refractivity contribution in [3.05, 3.63) is 35.9 Å². The van der Waals surface area contributed by atoms with Gasteiger partial charge in [-0.3, -0.25) is 9.69 Å². The molecule has 28 heavy (non-hydrogen) atoms. The molecule has 1 saturated carbocycles. The number of halogens is 2. The van der Waals surface area contributed by atoms with Crippen LogP contribution in [0, 0.1) is 11.3 Å². The van der Waals surface area contributed by atoms with Crippen molar-refractivity contribution < 1.29 is 4.79 Å². The Kier molecular flexibility index (Phi) is 11.4. The number of hydrogen-bond donors (Lipinski definition) is 2. The van der Waals surface area contributed by atoms with Crippen LogP contribution >= 0.6 is 24.8 Å². The minimum absolute atomic E-state index is 0. The van der Waals surface area contributed by atoms with Crippen LogP contribution in [0.4, 0.5) is 0 Å². The van der Waals surface area contributed by atoms with Crippen molar-refractivity contribution in [1.82, 2.24) is 10.2 Å². The molecule has 1 aliphatic heterocycles. The molecule has 2 fully saturated rings. The van der Waals surface area contributed by atoms with Crippen molar-refractivity contribution in [3.63, 3.8) is 0 Å². The summed E-state index contributed by atoms with van der Waals surface area (Å²) in [5, 5.41) is 3.21. The smallest absolute Gasteiger partial charge is 0.220 e. The van der Waals surface area contributed by atoms with Crippen LogP contribution in [-0.4, -0.2) is 37.0 Å². The SMILES string of the molecule is Cl.Cl.NCC1(CC(=O)NCC2CCN(Cc3ccccc3)CC2)CCCCC1. The highest BCUT2D eigenvalue weighted by atomic mass is 35.5. The maximum Gasteiger partial charge on any atom is 0.220 e. The quantitative estimate of drug-likeness (QED) is 0.683. The number of rotatable bonds is 7. The third-order valence-electron chi connectivity index (χ3n) is 6.43. The second-order valence-corrected chi connectivity index (χ2v) is 8.45. The summed E-state index contributed by atoms with van der Waals surface area (Å²) in [5.41, 5.74) is 7.48. The molecule has 4 nitrogen and oxygen atoms in total. The molecule has 1 aromatic carbocycles. The Bertz CT molecular complexity index is 556. The molecule has 6 heteroatoms. The van der Waals surface area contributed by atoms with Gasteiger partial charge >= 0.3 is 0 Å². The first kappa shape index (κ1) is 25.2. The summed E-state index contributed by atoms with van der Waals surface area (Å²) >= 11 is 0. The van der Waals surface area contributed by atoms with Crippen LogP contribution in [-0.2, 0) is 11.3 Å². The lowest BCUT2D eigenvalue weighted by molar-refractivity contribution is -0.124. The van der Waals surface area contributed by atoms with Gasteiger partial charge in [0.1, 0.15) is 0 Å². The average molecular weight is 430 g/mol. The van der Waals surface area contributed by atoms with E-state index in [1.54, 1.807) is 0 Å². The normalized spacial score (nSPS) is 19.9. The van der Waals surface area contributed by atoms with Crippen molar-refractivity contribution in [1.29, 1.82) is 0 Å². The molecular formula is C22H37Cl2N3O. The zero-order valence-electron chi connectivity index (χ0n) is 16.9. The van der Waals surface area contributed by atoms with E-state index in [9.17, 15) is 4.79 Å². The number of nitrogens with two attached hydrogens (primary N) is 1. The fraction of sp³-hybridized carbons (Fsp3) is 0.682. The van der Waals surface area contributed by atoms with E-state index in [2.05, 4.69) is 40.5 Å². The number of carbonyl (C=O) groups is 1. The van der Waals surface area contributed by atoms with Crippen molar-refractivity contribution in [3.8, 4) is 0 Å². The van der Waals surface area contributed by atoms with Gasteiger partial charge in [0.15, 0.2) is 0 Å². The fourth-order valence-electron chi connectivity index (χ4n) is 4.61. The van der Waals surface area contributed by atoms with Gasteiger partial charge in [-0.05, 0) is 62.2 Å². The first-order chi connectivity index (χ1) is 12.7. The molecule has 160 valence electrons. The largest absolute Gasteiger partial charge is 0.356 e. The number of amides is 1. The predicted molar refractivity (Wildman–Crippen MR) is 121 cm³/mol. The van der Waals surface area contributed by atoms with E-state index in [0.29, 0.717) is 18.9 Å². The van der Waals surface area contributed by atoms with Crippen molar-refractivity contribution in [2.24, 2.45) is 17.1 Å². The van der Waals surface area contributed by atoms with Gasteiger partial charge in [0, 0.05) is 19.5 Å². The standard InChI is InChI=1S/C22H35N3O.2ClH/c23-18-22(11-5-2-6-12-22)15-21(26)24-16-19-9-13-25(14-10-19)17-20-7-3-1-4-8-20;;/h1,3-4,7-8,19H,2,5-6,9-18,23H2,(H,24,26);2*1H. The average Bonchev–Trinajstić information content (AvgIpc) is 2.69. The van der Waals surface area contributed by atoms with Crippen LogP contribution in [0.5, 0.6) is 0 Å². The fourth-order valence-corrected chi connectivity index (χ4v) is 4.61. The molecule has 3 rings (SSSR count). The van der Waals surface area contributed by atoms with Crippen molar-refractivity contribution in [2.75, 3.05) is 26.2 Å². The van der Waals surface area contributed by atoms with Gasteiger partial charge in [-0.15, -0.1) is 24.8 Å². The molecular weight excluding hydrogens is 393 g/mol. The van der Waals surface area contributed by atoms with E-state index in [0.717, 1.165) is 39.0 Å². The predicted octanol–water partition coefficient (Wildman–Crippen LogP) is 4.16. The summed E-state index contributed by atoms with van der Waals surface area (Å²) in [7, 11) is 0. The van der Waals surface area contributed by atoms with Crippen molar-refractivity contribution in [2.45, 2.75) is 57.9 Å². The summed E-state index contributed by atoms with van der Waals surface area (Å²) in [6.07, 6.45) is 8.96. The van der Waals surface area contributed by atoms with Crippen LogP contribution < -0.4 is 11.1 Å². The molecule has 1 aromatic rings. The summed E-state index contributed by atoms with van der Waals surface area (Å²) in [4.78, 5) is 15.0. The Morgan fingerprint density at radius 1 is 1.07 bits per heavy atom.